The van der Waals surface area contributed by atoms with Gasteiger partial charge in [-0.2, -0.15) is 0 Å². The van der Waals surface area contributed by atoms with Crippen molar-refractivity contribution in [3.8, 4) is 11.5 Å². The number of ether oxygens (including phenoxy) is 2. The molecule has 0 aromatic heterocycles. The van der Waals surface area contributed by atoms with Crippen LogP contribution in [0.3, 0.4) is 0 Å². The van der Waals surface area contributed by atoms with E-state index >= 15 is 0 Å². The molecule has 1 amide bonds. The number of hydrogen-bond donors (Lipinski definition) is 1. The molecular weight excluding hydrogens is 466 g/mol. The third-order valence-corrected chi connectivity index (χ3v) is 6.43. The lowest BCUT2D eigenvalue weighted by Gasteiger charge is -2.26. The molecule has 0 radical (unpaired) electrons. The van der Waals surface area contributed by atoms with Gasteiger partial charge in [-0.15, -0.1) is 0 Å². The van der Waals surface area contributed by atoms with Gasteiger partial charge < -0.3 is 14.6 Å². The highest BCUT2D eigenvalue weighted by atomic mass is 16.5. The number of aliphatic hydroxyl groups is 1. The Balaban J connectivity index is 1.90. The molecule has 0 aliphatic carbocycles. The Morgan fingerprint density at radius 3 is 2.27 bits per heavy atom. The first-order valence-electron chi connectivity index (χ1n) is 12.6. The largest absolute Gasteiger partial charge is 0.507 e. The molecule has 6 heteroatoms. The molecule has 1 N–H and O–H groups in total. The summed E-state index contributed by atoms with van der Waals surface area (Å²) in [4.78, 5) is 28.4. The molecule has 1 aliphatic rings. The molecule has 0 spiro atoms. The standard InChI is InChI=1S/C31H33NO5/c1-6-36-24-14-12-23(13-15-24)32-28(21-10-8-9-20(5)17-21)27(30(34)31(32)35)29(33)22-11-16-26(37-7-2)25(18-22)19(3)4/h8-19,28,33H,6-7H2,1-5H3/b29-27-. The van der Waals surface area contributed by atoms with Crippen molar-refractivity contribution in [2.24, 2.45) is 0 Å². The van der Waals surface area contributed by atoms with Crippen LogP contribution >= 0.6 is 0 Å². The van der Waals surface area contributed by atoms with E-state index in [1.807, 2.05) is 65.0 Å². The number of hydrogen-bond acceptors (Lipinski definition) is 5. The van der Waals surface area contributed by atoms with Crippen molar-refractivity contribution in [1.82, 2.24) is 0 Å². The first-order chi connectivity index (χ1) is 17.8. The third kappa shape index (κ3) is 5.10. The third-order valence-electron chi connectivity index (χ3n) is 6.43. The predicted octanol–water partition coefficient (Wildman–Crippen LogP) is 6.54. The Morgan fingerprint density at radius 2 is 1.65 bits per heavy atom. The summed E-state index contributed by atoms with van der Waals surface area (Å²) in [5.41, 5.74) is 3.71. The number of ketones is 1. The van der Waals surface area contributed by atoms with E-state index in [1.54, 1.807) is 36.4 Å². The number of Topliss-reactive ketones (excluding diaryl/α,β-unsaturated/α-hetero) is 1. The lowest BCUT2D eigenvalue weighted by Crippen LogP contribution is -2.29. The van der Waals surface area contributed by atoms with E-state index in [9.17, 15) is 14.7 Å². The van der Waals surface area contributed by atoms with E-state index in [-0.39, 0.29) is 17.3 Å². The van der Waals surface area contributed by atoms with Gasteiger partial charge in [-0.05, 0) is 80.3 Å². The number of amides is 1. The molecule has 4 rings (SSSR count). The van der Waals surface area contributed by atoms with Crippen molar-refractivity contribution in [2.45, 2.75) is 46.6 Å². The Kier molecular flexibility index (Phi) is 7.67. The number of aryl methyl sites for hydroxylation is 1. The zero-order valence-electron chi connectivity index (χ0n) is 21.9. The molecule has 1 unspecified atom stereocenters. The number of benzene rings is 3. The average Bonchev–Trinajstić information content (AvgIpc) is 3.15. The minimum atomic E-state index is -0.785. The summed E-state index contributed by atoms with van der Waals surface area (Å²) in [6, 6.07) is 19.3. The van der Waals surface area contributed by atoms with Crippen molar-refractivity contribution in [3.63, 3.8) is 0 Å². The Labute approximate surface area is 218 Å². The monoisotopic (exact) mass is 499 g/mol. The van der Waals surface area contributed by atoms with Gasteiger partial charge in [0.25, 0.3) is 11.7 Å². The molecule has 1 heterocycles. The normalized spacial score (nSPS) is 16.9. The second-order valence-corrected chi connectivity index (χ2v) is 9.35. The van der Waals surface area contributed by atoms with Gasteiger partial charge in [-0.25, -0.2) is 0 Å². The molecule has 3 aromatic carbocycles. The van der Waals surface area contributed by atoms with Gasteiger partial charge in [0.2, 0.25) is 0 Å². The van der Waals surface area contributed by atoms with Gasteiger partial charge >= 0.3 is 0 Å². The fourth-order valence-electron chi connectivity index (χ4n) is 4.71. The SMILES string of the molecule is CCOc1ccc(N2C(=O)C(=O)/C(=C(\O)c3ccc(OCC)c(C(C)C)c3)C2c2cccc(C)c2)cc1. The summed E-state index contributed by atoms with van der Waals surface area (Å²) in [6.45, 7) is 10.9. The fourth-order valence-corrected chi connectivity index (χ4v) is 4.71. The minimum absolute atomic E-state index is 0.0587. The summed E-state index contributed by atoms with van der Waals surface area (Å²) < 4.78 is 11.3. The number of carbonyl (C=O) groups is 2. The maximum Gasteiger partial charge on any atom is 0.300 e. The van der Waals surface area contributed by atoms with E-state index in [2.05, 4.69) is 0 Å². The Hall–Kier alpha value is -4.06. The lowest BCUT2D eigenvalue weighted by molar-refractivity contribution is -0.132. The van der Waals surface area contributed by atoms with Crippen LogP contribution in [0, 0.1) is 6.92 Å². The van der Waals surface area contributed by atoms with Gasteiger partial charge in [0, 0.05) is 11.3 Å². The topological polar surface area (TPSA) is 76.1 Å². The second-order valence-electron chi connectivity index (χ2n) is 9.35. The van der Waals surface area contributed by atoms with Gasteiger partial charge in [-0.3, -0.25) is 14.5 Å². The molecule has 6 nitrogen and oxygen atoms in total. The van der Waals surface area contributed by atoms with E-state index in [4.69, 9.17) is 9.47 Å². The van der Waals surface area contributed by atoms with E-state index in [0.717, 1.165) is 22.4 Å². The molecule has 3 aromatic rings. The van der Waals surface area contributed by atoms with Gasteiger partial charge in [0.15, 0.2) is 0 Å². The highest BCUT2D eigenvalue weighted by Crippen LogP contribution is 2.43. The number of aliphatic hydroxyl groups excluding tert-OH is 1. The van der Waals surface area contributed by atoms with Crippen molar-refractivity contribution in [1.29, 1.82) is 0 Å². The number of nitrogens with zero attached hydrogens (tertiary/aromatic N) is 1. The van der Waals surface area contributed by atoms with E-state index in [1.165, 1.54) is 4.90 Å². The summed E-state index contributed by atoms with van der Waals surface area (Å²) in [5.74, 6) is -0.0776. The molecule has 1 saturated heterocycles. The Morgan fingerprint density at radius 1 is 0.946 bits per heavy atom. The van der Waals surface area contributed by atoms with Gasteiger partial charge in [0.1, 0.15) is 17.3 Å². The van der Waals surface area contributed by atoms with Crippen LogP contribution in [0.25, 0.3) is 5.76 Å². The average molecular weight is 500 g/mol. The number of anilines is 1. The zero-order valence-corrected chi connectivity index (χ0v) is 21.9. The molecular formula is C31H33NO5. The van der Waals surface area contributed by atoms with Crippen molar-refractivity contribution < 1.29 is 24.2 Å². The van der Waals surface area contributed by atoms with Crippen LogP contribution < -0.4 is 14.4 Å². The number of carbonyl (C=O) groups excluding carboxylic acids is 2. The van der Waals surface area contributed by atoms with Crippen LogP contribution in [0.2, 0.25) is 0 Å². The van der Waals surface area contributed by atoms with Crippen molar-refractivity contribution in [2.75, 3.05) is 18.1 Å². The van der Waals surface area contributed by atoms with Crippen LogP contribution in [0.15, 0.2) is 72.3 Å². The molecule has 1 fully saturated rings. The maximum absolute atomic E-state index is 13.5. The van der Waals surface area contributed by atoms with Crippen molar-refractivity contribution >= 4 is 23.1 Å². The molecule has 1 atom stereocenters. The lowest BCUT2D eigenvalue weighted by atomic mass is 9.92. The van der Waals surface area contributed by atoms with Crippen LogP contribution in [-0.4, -0.2) is 30.0 Å². The van der Waals surface area contributed by atoms with E-state index in [0.29, 0.717) is 30.2 Å². The summed E-state index contributed by atoms with van der Waals surface area (Å²) in [6.07, 6.45) is 0. The van der Waals surface area contributed by atoms with Crippen LogP contribution in [0.1, 0.15) is 61.9 Å². The molecule has 0 bridgehead atoms. The van der Waals surface area contributed by atoms with Gasteiger partial charge in [-0.1, -0.05) is 43.7 Å². The number of rotatable bonds is 8. The Bertz CT molecular complexity index is 1340. The second kappa shape index (κ2) is 10.9. The van der Waals surface area contributed by atoms with Crippen molar-refractivity contribution in [3.05, 3.63) is 94.6 Å². The van der Waals surface area contributed by atoms with Crippen LogP contribution in [0.4, 0.5) is 5.69 Å². The summed E-state index contributed by atoms with van der Waals surface area (Å²) >= 11 is 0. The highest BCUT2D eigenvalue weighted by molar-refractivity contribution is 6.51. The summed E-state index contributed by atoms with van der Waals surface area (Å²) in [7, 11) is 0. The van der Waals surface area contributed by atoms with Crippen LogP contribution in [0.5, 0.6) is 11.5 Å². The fraction of sp³-hybridized carbons (Fsp3) is 0.290. The molecule has 1 aliphatic heterocycles. The predicted molar refractivity (Wildman–Crippen MR) is 145 cm³/mol. The summed E-state index contributed by atoms with van der Waals surface area (Å²) in [5, 5.41) is 11.5. The minimum Gasteiger partial charge on any atom is -0.507 e. The first-order valence-corrected chi connectivity index (χ1v) is 12.6. The van der Waals surface area contributed by atoms with E-state index < -0.39 is 17.7 Å². The molecule has 0 saturated carbocycles. The molecule has 37 heavy (non-hydrogen) atoms. The first kappa shape index (κ1) is 26.0. The molecule has 192 valence electrons. The smallest absolute Gasteiger partial charge is 0.300 e. The van der Waals surface area contributed by atoms with Crippen LogP contribution in [-0.2, 0) is 9.59 Å². The highest BCUT2D eigenvalue weighted by Gasteiger charge is 2.47. The van der Waals surface area contributed by atoms with Gasteiger partial charge in [0.05, 0.1) is 24.8 Å². The quantitative estimate of drug-likeness (QED) is 0.216. The zero-order chi connectivity index (χ0) is 26.7. The maximum atomic E-state index is 13.5.